The van der Waals surface area contributed by atoms with Crippen molar-refractivity contribution in [3.63, 3.8) is 0 Å². The van der Waals surface area contributed by atoms with Crippen molar-refractivity contribution in [2.45, 2.75) is 6.10 Å². The molecule has 1 aromatic rings. The summed E-state index contributed by atoms with van der Waals surface area (Å²) in [6.07, 6.45) is 0.0246. The van der Waals surface area contributed by atoms with E-state index in [2.05, 4.69) is 15.2 Å². The van der Waals surface area contributed by atoms with Crippen molar-refractivity contribution in [1.82, 2.24) is 10.2 Å². The van der Waals surface area contributed by atoms with Gasteiger partial charge in [-0.2, -0.15) is 0 Å². The summed E-state index contributed by atoms with van der Waals surface area (Å²) in [6.45, 7) is 3.12. The molecule has 0 aromatic heterocycles. The Hall–Kier alpha value is -1.91. The molecule has 0 aliphatic carbocycles. The van der Waals surface area contributed by atoms with Gasteiger partial charge in [0.15, 0.2) is 17.5 Å². The van der Waals surface area contributed by atoms with Gasteiger partial charge in [-0.25, -0.2) is 0 Å². The minimum atomic E-state index is 0.0246. The second-order valence-electron chi connectivity index (χ2n) is 4.51. The quantitative estimate of drug-likeness (QED) is 0.836. The van der Waals surface area contributed by atoms with Crippen LogP contribution in [0.4, 0.5) is 0 Å². The lowest BCUT2D eigenvalue weighted by Gasteiger charge is -2.27. The molecule has 1 aromatic carbocycles. The molecule has 2 heterocycles. The van der Waals surface area contributed by atoms with Gasteiger partial charge in [0.05, 0.1) is 13.1 Å². The van der Waals surface area contributed by atoms with Gasteiger partial charge >= 0.3 is 0 Å². The summed E-state index contributed by atoms with van der Waals surface area (Å²) in [7, 11) is 2.03. The smallest absolute Gasteiger partial charge is 0.193 e. The first-order valence-corrected chi connectivity index (χ1v) is 6.21. The van der Waals surface area contributed by atoms with Gasteiger partial charge in [0.2, 0.25) is 0 Å². The molecule has 18 heavy (non-hydrogen) atoms. The number of nitrogens with one attached hydrogen (secondary N) is 1. The molecule has 0 fully saturated rings. The summed E-state index contributed by atoms with van der Waals surface area (Å²) in [6, 6.07) is 7.75. The summed E-state index contributed by atoms with van der Waals surface area (Å²) in [5.74, 6) is 2.58. The number of likely N-dealkylation sites (N-methyl/N-ethyl adjacent to an activating group) is 1. The van der Waals surface area contributed by atoms with Crippen LogP contribution >= 0.6 is 0 Å². The standard InChI is InChI=1S/C13H17N3O2/c1-16-7-6-14-13(16)15-8-10-9-17-11-4-2-3-5-12(11)18-10/h2-5,10H,6-9H2,1H3,(H,14,15). The van der Waals surface area contributed by atoms with Crippen molar-refractivity contribution in [2.75, 3.05) is 33.3 Å². The van der Waals surface area contributed by atoms with Crippen LogP contribution < -0.4 is 14.8 Å². The predicted octanol–water partition coefficient (Wildman–Crippen LogP) is 0.717. The summed E-state index contributed by atoms with van der Waals surface area (Å²) in [5, 5.41) is 3.30. The number of rotatable bonds is 2. The third-order valence-corrected chi connectivity index (χ3v) is 3.11. The lowest BCUT2D eigenvalue weighted by atomic mass is 10.2. The zero-order valence-electron chi connectivity index (χ0n) is 10.4. The number of nitrogens with zero attached hydrogens (tertiary/aromatic N) is 2. The fraction of sp³-hybridized carbons (Fsp3) is 0.462. The number of hydrogen-bond donors (Lipinski definition) is 1. The molecule has 0 bridgehead atoms. The average Bonchev–Trinajstić information content (AvgIpc) is 2.82. The van der Waals surface area contributed by atoms with Crippen LogP contribution in [0.15, 0.2) is 29.3 Å². The van der Waals surface area contributed by atoms with Crippen molar-refractivity contribution in [3.05, 3.63) is 24.3 Å². The molecule has 0 saturated carbocycles. The maximum absolute atomic E-state index is 5.87. The molecule has 1 N–H and O–H groups in total. The number of guanidine groups is 1. The van der Waals surface area contributed by atoms with E-state index >= 15 is 0 Å². The van der Waals surface area contributed by atoms with Crippen LogP contribution in [0.2, 0.25) is 0 Å². The number of fused-ring (bicyclic) bond motifs is 1. The SMILES string of the molecule is CN1CCN=C1NCC1COc2ccccc2O1. The zero-order valence-corrected chi connectivity index (χ0v) is 10.4. The van der Waals surface area contributed by atoms with Gasteiger partial charge in [-0.1, -0.05) is 12.1 Å². The van der Waals surface area contributed by atoms with Gasteiger partial charge in [-0.3, -0.25) is 4.99 Å². The zero-order chi connectivity index (χ0) is 12.4. The lowest BCUT2D eigenvalue weighted by molar-refractivity contribution is 0.0933. The van der Waals surface area contributed by atoms with Gasteiger partial charge < -0.3 is 19.7 Å². The van der Waals surface area contributed by atoms with Crippen LogP contribution in [0.3, 0.4) is 0 Å². The maximum Gasteiger partial charge on any atom is 0.193 e. The molecule has 3 rings (SSSR count). The lowest BCUT2D eigenvalue weighted by Crippen LogP contribution is -2.44. The van der Waals surface area contributed by atoms with Crippen LogP contribution in [-0.2, 0) is 0 Å². The van der Waals surface area contributed by atoms with E-state index in [1.165, 1.54) is 0 Å². The van der Waals surface area contributed by atoms with Gasteiger partial charge in [0.25, 0.3) is 0 Å². The Morgan fingerprint density at radius 1 is 1.39 bits per heavy atom. The normalized spacial score (nSPS) is 21.7. The fourth-order valence-corrected chi connectivity index (χ4v) is 2.09. The molecular formula is C13H17N3O2. The number of aliphatic imine (C=N–C) groups is 1. The highest BCUT2D eigenvalue weighted by atomic mass is 16.6. The molecule has 5 nitrogen and oxygen atoms in total. The molecule has 0 spiro atoms. The van der Waals surface area contributed by atoms with E-state index in [0.717, 1.165) is 30.5 Å². The molecule has 0 saturated heterocycles. The highest BCUT2D eigenvalue weighted by Gasteiger charge is 2.21. The van der Waals surface area contributed by atoms with Crippen LogP contribution in [0, 0.1) is 0 Å². The van der Waals surface area contributed by atoms with E-state index in [9.17, 15) is 0 Å². The Morgan fingerprint density at radius 3 is 3.00 bits per heavy atom. The predicted molar refractivity (Wildman–Crippen MR) is 69.3 cm³/mol. The van der Waals surface area contributed by atoms with Crippen molar-refractivity contribution in [3.8, 4) is 11.5 Å². The summed E-state index contributed by atoms with van der Waals surface area (Å²) in [5.41, 5.74) is 0. The monoisotopic (exact) mass is 247 g/mol. The molecule has 5 heteroatoms. The summed E-state index contributed by atoms with van der Waals surface area (Å²) in [4.78, 5) is 6.49. The second-order valence-corrected chi connectivity index (χ2v) is 4.51. The van der Waals surface area contributed by atoms with Crippen molar-refractivity contribution < 1.29 is 9.47 Å². The first kappa shape index (κ1) is 11.2. The fourth-order valence-electron chi connectivity index (χ4n) is 2.09. The summed E-state index contributed by atoms with van der Waals surface area (Å²) >= 11 is 0. The highest BCUT2D eigenvalue weighted by Crippen LogP contribution is 2.30. The van der Waals surface area contributed by atoms with E-state index in [-0.39, 0.29) is 6.10 Å². The largest absolute Gasteiger partial charge is 0.486 e. The topological polar surface area (TPSA) is 46.1 Å². The molecular weight excluding hydrogens is 230 g/mol. The molecule has 2 aliphatic rings. The minimum absolute atomic E-state index is 0.0246. The van der Waals surface area contributed by atoms with Crippen LogP contribution in [0.25, 0.3) is 0 Å². The molecule has 1 unspecified atom stereocenters. The van der Waals surface area contributed by atoms with Gasteiger partial charge in [0.1, 0.15) is 12.7 Å². The Kier molecular flexibility index (Phi) is 2.96. The van der Waals surface area contributed by atoms with Gasteiger partial charge in [-0.05, 0) is 12.1 Å². The van der Waals surface area contributed by atoms with E-state index in [1.54, 1.807) is 0 Å². The first-order chi connectivity index (χ1) is 8.83. The van der Waals surface area contributed by atoms with E-state index in [1.807, 2.05) is 31.3 Å². The van der Waals surface area contributed by atoms with E-state index in [4.69, 9.17) is 9.47 Å². The second kappa shape index (κ2) is 4.76. The number of hydrogen-bond acceptors (Lipinski definition) is 5. The van der Waals surface area contributed by atoms with Gasteiger partial charge in [0, 0.05) is 13.6 Å². The number of para-hydroxylation sites is 2. The minimum Gasteiger partial charge on any atom is -0.486 e. The van der Waals surface area contributed by atoms with E-state index in [0.29, 0.717) is 13.2 Å². The van der Waals surface area contributed by atoms with Crippen LogP contribution in [0.5, 0.6) is 11.5 Å². The Morgan fingerprint density at radius 2 is 2.22 bits per heavy atom. The van der Waals surface area contributed by atoms with Crippen LogP contribution in [-0.4, -0.2) is 50.3 Å². The number of benzene rings is 1. The molecule has 0 radical (unpaired) electrons. The molecule has 2 aliphatic heterocycles. The Bertz CT molecular complexity index is 461. The van der Waals surface area contributed by atoms with E-state index < -0.39 is 0 Å². The average molecular weight is 247 g/mol. The Balaban J connectivity index is 1.57. The van der Waals surface area contributed by atoms with Crippen molar-refractivity contribution in [1.29, 1.82) is 0 Å². The molecule has 1 atom stereocenters. The number of ether oxygens (including phenoxy) is 2. The maximum atomic E-state index is 5.87. The first-order valence-electron chi connectivity index (χ1n) is 6.21. The van der Waals surface area contributed by atoms with Crippen molar-refractivity contribution >= 4 is 5.96 Å². The molecule has 96 valence electrons. The highest BCUT2D eigenvalue weighted by molar-refractivity contribution is 5.81. The van der Waals surface area contributed by atoms with Crippen LogP contribution in [0.1, 0.15) is 0 Å². The Labute approximate surface area is 106 Å². The third-order valence-electron chi connectivity index (χ3n) is 3.11. The van der Waals surface area contributed by atoms with Crippen molar-refractivity contribution in [2.24, 2.45) is 4.99 Å². The third kappa shape index (κ3) is 2.20. The summed E-state index contributed by atoms with van der Waals surface area (Å²) < 4.78 is 11.5. The van der Waals surface area contributed by atoms with Gasteiger partial charge in [-0.15, -0.1) is 0 Å². The molecule has 0 amide bonds.